The van der Waals surface area contributed by atoms with Crippen LogP contribution in [0.25, 0.3) is 12.2 Å². The van der Waals surface area contributed by atoms with Gasteiger partial charge in [0.2, 0.25) is 5.78 Å². The van der Waals surface area contributed by atoms with Gasteiger partial charge in [0.15, 0.2) is 0 Å². The number of hydrogen-bond acceptors (Lipinski definition) is 5. The summed E-state index contributed by atoms with van der Waals surface area (Å²) in [6.45, 7) is 0. The molecule has 3 rings (SSSR count). The number of carbonyl (C=O) groups excluding carboxylic acids is 3. The number of nitrogens with zero attached hydrogens (tertiary/aromatic N) is 2. The van der Waals surface area contributed by atoms with E-state index in [9.17, 15) is 14.4 Å². The lowest BCUT2D eigenvalue weighted by atomic mass is 10.0. The van der Waals surface area contributed by atoms with Crippen molar-refractivity contribution in [2.75, 3.05) is 0 Å². The fourth-order valence-corrected chi connectivity index (χ4v) is 2.86. The summed E-state index contributed by atoms with van der Waals surface area (Å²) in [6, 6.07) is 14.9. The molecule has 2 amide bonds. The smallest absolute Gasteiger partial charge is 0.287 e. The van der Waals surface area contributed by atoms with Gasteiger partial charge in [-0.2, -0.15) is 0 Å². The molecule has 1 atom stereocenters. The number of primary amides is 1. The number of amides is 2. The molecule has 0 aliphatic rings. The number of hydrogen-bond donors (Lipinski definition) is 2. The lowest BCUT2D eigenvalue weighted by Gasteiger charge is -2.17. The van der Waals surface area contributed by atoms with Gasteiger partial charge in [-0.15, -0.1) is 0 Å². The van der Waals surface area contributed by atoms with Gasteiger partial charge in [-0.3, -0.25) is 24.4 Å². The number of nitrogens with one attached hydrogen (secondary N) is 1. The van der Waals surface area contributed by atoms with Crippen molar-refractivity contribution in [2.45, 2.75) is 12.5 Å². The number of rotatable bonds is 8. The molecule has 30 heavy (non-hydrogen) atoms. The van der Waals surface area contributed by atoms with Gasteiger partial charge < -0.3 is 11.1 Å². The van der Waals surface area contributed by atoms with Crippen LogP contribution in [0.3, 0.4) is 0 Å². The Bertz CT molecular complexity index is 1070. The standard InChI is InChI=1S/C23H20N4O3/c24-22(29)21(28)20(15-17-5-2-1-3-6-17)27-23(30)18-7-4-12-26-19(18)9-8-16-10-13-25-14-11-16/h1-14,20H,15H2,(H2,24,29)(H,27,30)/b9-8+. The lowest BCUT2D eigenvalue weighted by Crippen LogP contribution is -2.47. The van der Waals surface area contributed by atoms with Crippen LogP contribution in [0.4, 0.5) is 0 Å². The molecular formula is C23H20N4O3. The highest BCUT2D eigenvalue weighted by molar-refractivity contribution is 6.38. The first-order chi connectivity index (χ1) is 14.5. The monoisotopic (exact) mass is 400 g/mol. The second kappa shape index (κ2) is 9.88. The molecule has 0 aliphatic carbocycles. The molecule has 0 saturated heterocycles. The van der Waals surface area contributed by atoms with E-state index in [2.05, 4.69) is 15.3 Å². The summed E-state index contributed by atoms with van der Waals surface area (Å²) < 4.78 is 0. The maximum atomic E-state index is 12.9. The van der Waals surface area contributed by atoms with Crippen LogP contribution in [0.2, 0.25) is 0 Å². The van der Waals surface area contributed by atoms with Gasteiger partial charge in [-0.25, -0.2) is 0 Å². The van der Waals surface area contributed by atoms with Crippen molar-refractivity contribution < 1.29 is 14.4 Å². The fraction of sp³-hybridized carbons (Fsp3) is 0.0870. The average molecular weight is 400 g/mol. The number of nitrogens with two attached hydrogens (primary N) is 1. The van der Waals surface area contributed by atoms with Gasteiger partial charge in [0.05, 0.1) is 11.3 Å². The van der Waals surface area contributed by atoms with Crippen molar-refractivity contribution in [2.24, 2.45) is 5.73 Å². The Balaban J connectivity index is 1.83. The molecule has 1 unspecified atom stereocenters. The van der Waals surface area contributed by atoms with Crippen LogP contribution in [-0.2, 0) is 16.0 Å². The maximum absolute atomic E-state index is 12.9. The fourth-order valence-electron chi connectivity index (χ4n) is 2.86. The maximum Gasteiger partial charge on any atom is 0.287 e. The van der Waals surface area contributed by atoms with Crippen LogP contribution in [0.1, 0.15) is 27.2 Å². The molecule has 2 heterocycles. The summed E-state index contributed by atoms with van der Waals surface area (Å²) in [5, 5.41) is 2.63. The number of Topliss-reactive ketones (excluding diaryl/α,β-unsaturated/α-hetero) is 1. The number of pyridine rings is 2. The molecule has 0 aliphatic heterocycles. The Hall–Kier alpha value is -4.13. The van der Waals surface area contributed by atoms with Crippen LogP contribution in [0.5, 0.6) is 0 Å². The Labute approximate surface area is 173 Å². The highest BCUT2D eigenvalue weighted by Gasteiger charge is 2.26. The molecule has 3 aromatic rings. The van der Waals surface area contributed by atoms with Crippen molar-refractivity contribution in [3.63, 3.8) is 0 Å². The molecule has 3 N–H and O–H groups in total. The highest BCUT2D eigenvalue weighted by atomic mass is 16.2. The quantitative estimate of drug-likeness (QED) is 0.562. The predicted octanol–water partition coefficient (Wildman–Crippen LogP) is 2.04. The second-order valence-electron chi connectivity index (χ2n) is 6.49. The highest BCUT2D eigenvalue weighted by Crippen LogP contribution is 2.12. The van der Waals surface area contributed by atoms with Crippen molar-refractivity contribution in [3.8, 4) is 0 Å². The lowest BCUT2D eigenvalue weighted by molar-refractivity contribution is -0.137. The van der Waals surface area contributed by atoms with E-state index in [0.29, 0.717) is 5.69 Å². The minimum Gasteiger partial charge on any atom is -0.363 e. The minimum atomic E-state index is -1.10. The van der Waals surface area contributed by atoms with Crippen LogP contribution >= 0.6 is 0 Å². The van der Waals surface area contributed by atoms with Gasteiger partial charge in [0, 0.05) is 25.0 Å². The van der Waals surface area contributed by atoms with Crippen molar-refractivity contribution in [1.29, 1.82) is 0 Å². The van der Waals surface area contributed by atoms with Crippen molar-refractivity contribution in [1.82, 2.24) is 15.3 Å². The van der Waals surface area contributed by atoms with E-state index < -0.39 is 23.6 Å². The van der Waals surface area contributed by atoms with Crippen LogP contribution in [0, 0.1) is 0 Å². The SMILES string of the molecule is NC(=O)C(=O)C(Cc1ccccc1)NC(=O)c1cccnc1/C=C/c1ccncc1. The van der Waals surface area contributed by atoms with Gasteiger partial charge in [-0.05, 0) is 41.5 Å². The number of carbonyl (C=O) groups is 3. The zero-order valence-corrected chi connectivity index (χ0v) is 16.1. The largest absolute Gasteiger partial charge is 0.363 e. The van der Waals surface area contributed by atoms with Crippen LogP contribution in [-0.4, -0.2) is 33.6 Å². The van der Waals surface area contributed by atoms with Crippen molar-refractivity contribution >= 4 is 29.7 Å². The van der Waals surface area contributed by atoms with Crippen molar-refractivity contribution in [3.05, 3.63) is 95.6 Å². The first-order valence-electron chi connectivity index (χ1n) is 9.26. The van der Waals surface area contributed by atoms with Crippen LogP contribution < -0.4 is 11.1 Å². The third-order valence-electron chi connectivity index (χ3n) is 4.37. The van der Waals surface area contributed by atoms with E-state index in [1.165, 1.54) is 0 Å². The molecule has 1 aromatic carbocycles. The molecule has 0 radical (unpaired) electrons. The molecule has 0 bridgehead atoms. The van der Waals surface area contributed by atoms with E-state index in [-0.39, 0.29) is 12.0 Å². The molecule has 0 fully saturated rings. The van der Waals surface area contributed by atoms with E-state index in [1.807, 2.05) is 30.3 Å². The molecule has 7 heteroatoms. The summed E-state index contributed by atoms with van der Waals surface area (Å²) in [5.41, 5.74) is 7.57. The van der Waals surface area contributed by atoms with Crippen LogP contribution in [0.15, 0.2) is 73.2 Å². The van der Waals surface area contributed by atoms with E-state index in [1.54, 1.807) is 55.0 Å². The summed E-state index contributed by atoms with van der Waals surface area (Å²) in [6.07, 6.45) is 8.55. The molecule has 0 spiro atoms. The topological polar surface area (TPSA) is 115 Å². The Morgan fingerprint density at radius 3 is 2.37 bits per heavy atom. The Kier molecular flexibility index (Phi) is 6.78. The zero-order chi connectivity index (χ0) is 21.3. The summed E-state index contributed by atoms with van der Waals surface area (Å²) in [7, 11) is 0. The van der Waals surface area contributed by atoms with E-state index in [4.69, 9.17) is 5.73 Å². The zero-order valence-electron chi connectivity index (χ0n) is 16.1. The predicted molar refractivity (Wildman–Crippen MR) is 113 cm³/mol. The van der Waals surface area contributed by atoms with Gasteiger partial charge in [0.1, 0.15) is 6.04 Å². The molecule has 150 valence electrons. The summed E-state index contributed by atoms with van der Waals surface area (Å²) in [4.78, 5) is 44.9. The molecule has 2 aromatic heterocycles. The number of aromatic nitrogens is 2. The second-order valence-corrected chi connectivity index (χ2v) is 6.49. The first kappa shape index (κ1) is 20.6. The van der Waals surface area contributed by atoms with Gasteiger partial charge in [0.25, 0.3) is 11.8 Å². The average Bonchev–Trinajstić information content (AvgIpc) is 2.78. The first-order valence-corrected chi connectivity index (χ1v) is 9.26. The minimum absolute atomic E-state index is 0.150. The third-order valence-corrected chi connectivity index (χ3v) is 4.37. The molecule has 7 nitrogen and oxygen atoms in total. The number of benzene rings is 1. The Morgan fingerprint density at radius 2 is 1.67 bits per heavy atom. The normalized spacial score (nSPS) is 11.7. The van der Waals surface area contributed by atoms with Gasteiger partial charge >= 0.3 is 0 Å². The van der Waals surface area contributed by atoms with Gasteiger partial charge in [-0.1, -0.05) is 36.4 Å². The van der Waals surface area contributed by atoms with E-state index in [0.717, 1.165) is 11.1 Å². The molecule has 0 saturated carbocycles. The third kappa shape index (κ3) is 5.45. The summed E-state index contributed by atoms with van der Waals surface area (Å²) in [5.74, 6) is -2.47. The van der Waals surface area contributed by atoms with E-state index >= 15 is 0 Å². The Morgan fingerprint density at radius 1 is 0.933 bits per heavy atom. The summed E-state index contributed by atoms with van der Waals surface area (Å²) >= 11 is 0. The molecular weight excluding hydrogens is 380 g/mol. The number of ketones is 1.